The molecule has 0 fully saturated rings. The van der Waals surface area contributed by atoms with Crippen LogP contribution in [0.4, 0.5) is 11.5 Å². The molecule has 0 saturated heterocycles. The van der Waals surface area contributed by atoms with E-state index in [1.807, 2.05) is 0 Å². The van der Waals surface area contributed by atoms with Crippen molar-refractivity contribution in [3.63, 3.8) is 0 Å². The van der Waals surface area contributed by atoms with Crippen molar-refractivity contribution in [3.05, 3.63) is 60.8 Å². The number of carbonyl (C=O) groups is 2. The van der Waals surface area contributed by atoms with Crippen LogP contribution < -0.4 is 10.6 Å². The zero-order valence-corrected chi connectivity index (χ0v) is 12.0. The van der Waals surface area contributed by atoms with E-state index >= 15 is 0 Å². The van der Waals surface area contributed by atoms with Gasteiger partial charge in [-0.2, -0.15) is 0 Å². The first-order chi connectivity index (χ1) is 11.1. The van der Waals surface area contributed by atoms with Crippen LogP contribution in [0.25, 0.3) is 10.8 Å². The normalized spacial score (nSPS) is 10.3. The van der Waals surface area contributed by atoms with Gasteiger partial charge in [0.05, 0.1) is 0 Å². The van der Waals surface area contributed by atoms with Gasteiger partial charge in [0.25, 0.3) is 0 Å². The molecule has 0 spiro atoms. The van der Waals surface area contributed by atoms with Gasteiger partial charge in [-0.15, -0.1) is 0 Å². The fourth-order valence-electron chi connectivity index (χ4n) is 2.19. The number of rotatable bonds is 2. The van der Waals surface area contributed by atoms with E-state index in [1.54, 1.807) is 54.6 Å². The molecule has 3 aromatic rings. The molecule has 2 amide bonds. The maximum Gasteiger partial charge on any atom is 0.315 e. The van der Waals surface area contributed by atoms with Crippen molar-refractivity contribution in [2.45, 2.75) is 0 Å². The van der Waals surface area contributed by atoms with Crippen LogP contribution in [0.3, 0.4) is 0 Å². The molecular formula is C17H13N3O3. The Labute approximate surface area is 131 Å². The Morgan fingerprint density at radius 1 is 0.826 bits per heavy atom. The molecule has 0 aliphatic carbocycles. The summed E-state index contributed by atoms with van der Waals surface area (Å²) in [6.45, 7) is 0. The van der Waals surface area contributed by atoms with Crippen molar-refractivity contribution in [2.75, 3.05) is 10.6 Å². The molecule has 0 atom stereocenters. The summed E-state index contributed by atoms with van der Waals surface area (Å²) in [4.78, 5) is 27.9. The quantitative estimate of drug-likeness (QED) is 0.634. The number of aromatic hydroxyl groups is 1. The Balaban J connectivity index is 1.80. The van der Waals surface area contributed by atoms with Crippen molar-refractivity contribution < 1.29 is 14.7 Å². The molecule has 3 rings (SSSR count). The maximum atomic E-state index is 12.0. The van der Waals surface area contributed by atoms with Crippen molar-refractivity contribution >= 4 is 34.1 Å². The number of nitrogens with zero attached hydrogens (tertiary/aromatic N) is 1. The lowest BCUT2D eigenvalue weighted by Gasteiger charge is -2.09. The molecule has 6 heteroatoms. The Bertz CT molecular complexity index is 879. The Morgan fingerprint density at radius 3 is 2.35 bits per heavy atom. The van der Waals surface area contributed by atoms with Gasteiger partial charge in [-0.05, 0) is 24.3 Å². The Kier molecular flexibility index (Phi) is 3.88. The fraction of sp³-hybridized carbons (Fsp3) is 0. The van der Waals surface area contributed by atoms with E-state index in [0.717, 1.165) is 0 Å². The van der Waals surface area contributed by atoms with Gasteiger partial charge in [-0.3, -0.25) is 9.59 Å². The molecule has 114 valence electrons. The highest BCUT2D eigenvalue weighted by molar-refractivity contribution is 6.44. The molecule has 0 saturated carbocycles. The smallest absolute Gasteiger partial charge is 0.315 e. The lowest BCUT2D eigenvalue weighted by molar-refractivity contribution is -0.133. The number of nitrogens with one attached hydrogen (secondary N) is 2. The van der Waals surface area contributed by atoms with E-state index < -0.39 is 11.8 Å². The standard InChI is InChI=1S/C17H13N3O3/c21-14-8-4-5-11-12(14)6-3-7-13(11)19-16(22)17(23)20-15-9-1-2-10-18-15/h1-10,21H,(H,19,22)(H,18,20,23). The summed E-state index contributed by atoms with van der Waals surface area (Å²) in [7, 11) is 0. The molecule has 2 aromatic carbocycles. The van der Waals surface area contributed by atoms with E-state index in [9.17, 15) is 14.7 Å². The first kappa shape index (κ1) is 14.5. The first-order valence-electron chi connectivity index (χ1n) is 6.89. The van der Waals surface area contributed by atoms with E-state index in [2.05, 4.69) is 15.6 Å². The lowest BCUT2D eigenvalue weighted by atomic mass is 10.1. The van der Waals surface area contributed by atoms with Gasteiger partial charge < -0.3 is 15.7 Å². The van der Waals surface area contributed by atoms with Gasteiger partial charge in [-0.25, -0.2) is 4.98 Å². The van der Waals surface area contributed by atoms with Gasteiger partial charge in [0, 0.05) is 22.7 Å². The second-order valence-electron chi connectivity index (χ2n) is 4.80. The summed E-state index contributed by atoms with van der Waals surface area (Å²) in [6.07, 6.45) is 1.51. The molecule has 1 aromatic heterocycles. The van der Waals surface area contributed by atoms with Crippen molar-refractivity contribution in [2.24, 2.45) is 0 Å². The monoisotopic (exact) mass is 307 g/mol. The van der Waals surface area contributed by atoms with Crippen LogP contribution in [0.2, 0.25) is 0 Å². The molecule has 0 aliphatic heterocycles. The van der Waals surface area contributed by atoms with Gasteiger partial charge >= 0.3 is 11.8 Å². The zero-order valence-electron chi connectivity index (χ0n) is 12.0. The number of benzene rings is 2. The average molecular weight is 307 g/mol. The number of fused-ring (bicyclic) bond motifs is 1. The van der Waals surface area contributed by atoms with E-state index in [0.29, 0.717) is 22.3 Å². The van der Waals surface area contributed by atoms with Crippen molar-refractivity contribution in [1.29, 1.82) is 0 Å². The third-order valence-corrected chi connectivity index (χ3v) is 3.26. The number of pyridine rings is 1. The number of aromatic nitrogens is 1. The second kappa shape index (κ2) is 6.15. The molecule has 6 nitrogen and oxygen atoms in total. The highest BCUT2D eigenvalue weighted by Gasteiger charge is 2.15. The second-order valence-corrected chi connectivity index (χ2v) is 4.80. The number of carbonyl (C=O) groups excluding carboxylic acids is 2. The summed E-state index contributed by atoms with van der Waals surface area (Å²) >= 11 is 0. The van der Waals surface area contributed by atoms with Gasteiger partial charge in [0.1, 0.15) is 11.6 Å². The van der Waals surface area contributed by atoms with Crippen LogP contribution in [0.1, 0.15) is 0 Å². The molecule has 0 aliphatic rings. The molecule has 23 heavy (non-hydrogen) atoms. The first-order valence-corrected chi connectivity index (χ1v) is 6.89. The number of anilines is 2. The number of phenolic OH excluding ortho intramolecular Hbond substituents is 1. The number of phenols is 1. The van der Waals surface area contributed by atoms with Crippen LogP contribution in [0.15, 0.2) is 60.8 Å². The largest absolute Gasteiger partial charge is 0.507 e. The van der Waals surface area contributed by atoms with Crippen molar-refractivity contribution in [3.8, 4) is 5.75 Å². The zero-order chi connectivity index (χ0) is 16.2. The van der Waals surface area contributed by atoms with Gasteiger partial charge in [0.15, 0.2) is 0 Å². The molecule has 0 bridgehead atoms. The average Bonchev–Trinajstić information content (AvgIpc) is 2.56. The number of hydrogen-bond donors (Lipinski definition) is 3. The SMILES string of the molecule is O=C(Nc1ccccn1)C(=O)Nc1cccc2c(O)cccc12. The minimum Gasteiger partial charge on any atom is -0.507 e. The number of hydrogen-bond acceptors (Lipinski definition) is 4. The van der Waals surface area contributed by atoms with Crippen LogP contribution in [-0.2, 0) is 9.59 Å². The molecule has 1 heterocycles. The molecule has 3 N–H and O–H groups in total. The van der Waals surface area contributed by atoms with Gasteiger partial charge in [-0.1, -0.05) is 30.3 Å². The minimum absolute atomic E-state index is 0.108. The highest BCUT2D eigenvalue weighted by Crippen LogP contribution is 2.29. The van der Waals surface area contributed by atoms with E-state index in [4.69, 9.17) is 0 Å². The Morgan fingerprint density at radius 2 is 1.57 bits per heavy atom. The summed E-state index contributed by atoms with van der Waals surface area (Å²) in [5.74, 6) is -1.23. The van der Waals surface area contributed by atoms with Crippen molar-refractivity contribution in [1.82, 2.24) is 4.98 Å². The predicted octanol–water partition coefficient (Wildman–Crippen LogP) is 2.52. The van der Waals surface area contributed by atoms with Crippen LogP contribution in [0.5, 0.6) is 5.75 Å². The summed E-state index contributed by atoms with van der Waals surface area (Å²) in [5.41, 5.74) is 0.444. The topological polar surface area (TPSA) is 91.3 Å². The molecular weight excluding hydrogens is 294 g/mol. The Hall–Kier alpha value is -3.41. The lowest BCUT2D eigenvalue weighted by Crippen LogP contribution is -2.29. The molecule has 0 radical (unpaired) electrons. The highest BCUT2D eigenvalue weighted by atomic mass is 16.3. The number of amides is 2. The van der Waals surface area contributed by atoms with Crippen LogP contribution in [-0.4, -0.2) is 21.9 Å². The van der Waals surface area contributed by atoms with Gasteiger partial charge in [0.2, 0.25) is 0 Å². The predicted molar refractivity (Wildman–Crippen MR) is 87.1 cm³/mol. The summed E-state index contributed by atoms with van der Waals surface area (Å²) < 4.78 is 0. The summed E-state index contributed by atoms with van der Waals surface area (Å²) in [5, 5.41) is 16.0. The third kappa shape index (κ3) is 3.11. The van der Waals surface area contributed by atoms with E-state index in [-0.39, 0.29) is 5.75 Å². The van der Waals surface area contributed by atoms with Crippen LogP contribution >= 0.6 is 0 Å². The van der Waals surface area contributed by atoms with E-state index in [1.165, 1.54) is 6.20 Å². The maximum absolute atomic E-state index is 12.0. The third-order valence-electron chi connectivity index (χ3n) is 3.26. The molecule has 0 unspecified atom stereocenters. The fourth-order valence-corrected chi connectivity index (χ4v) is 2.19. The minimum atomic E-state index is -0.819. The summed E-state index contributed by atoms with van der Waals surface area (Å²) in [6, 6.07) is 15.0. The van der Waals surface area contributed by atoms with Crippen LogP contribution in [0, 0.1) is 0 Å².